The maximum Gasteiger partial charge on any atom is 0.305 e. The number of rotatable bonds is 15. The lowest BCUT2D eigenvalue weighted by Gasteiger charge is -2.26. The Balaban J connectivity index is 1.37. The molecule has 6 nitrogen and oxygen atoms in total. The number of carbonyl (C=O) groups excluding carboxylic acids is 2. The van der Waals surface area contributed by atoms with Crippen LogP contribution in [0, 0.1) is 0 Å². The van der Waals surface area contributed by atoms with Gasteiger partial charge in [0.15, 0.2) is 0 Å². The molecule has 6 heteroatoms. The number of aliphatic hydroxyl groups is 1. The van der Waals surface area contributed by atoms with Crippen molar-refractivity contribution >= 4 is 11.9 Å². The van der Waals surface area contributed by atoms with Crippen molar-refractivity contribution in [3.05, 3.63) is 60.2 Å². The summed E-state index contributed by atoms with van der Waals surface area (Å²) in [5.74, 6) is 1.64. The van der Waals surface area contributed by atoms with Crippen LogP contribution in [0.1, 0.15) is 70.3 Å². The highest BCUT2D eigenvalue weighted by atomic mass is 16.5. The number of likely N-dealkylation sites (tertiary alicyclic amines) is 1. The Hall–Kier alpha value is -2.86. The molecule has 35 heavy (non-hydrogen) atoms. The van der Waals surface area contributed by atoms with Gasteiger partial charge in [0.2, 0.25) is 5.91 Å². The van der Waals surface area contributed by atoms with Gasteiger partial charge in [-0.25, -0.2) is 0 Å². The first kappa shape index (κ1) is 26.7. The molecular formula is C29H39NO5. The number of carbonyl (C=O) groups is 2. The zero-order valence-electron chi connectivity index (χ0n) is 20.9. The summed E-state index contributed by atoms with van der Waals surface area (Å²) < 4.78 is 10.9. The van der Waals surface area contributed by atoms with Crippen molar-refractivity contribution in [3.8, 4) is 11.5 Å². The molecule has 1 unspecified atom stereocenters. The van der Waals surface area contributed by atoms with Crippen molar-refractivity contribution < 1.29 is 24.2 Å². The summed E-state index contributed by atoms with van der Waals surface area (Å²) in [5, 5.41) is 10.7. The van der Waals surface area contributed by atoms with Gasteiger partial charge in [-0.2, -0.15) is 0 Å². The molecule has 2 aromatic carbocycles. The van der Waals surface area contributed by atoms with E-state index < -0.39 is 6.10 Å². The third-order valence-corrected chi connectivity index (χ3v) is 6.47. The monoisotopic (exact) mass is 481 g/mol. The number of benzene rings is 2. The lowest BCUT2D eigenvalue weighted by Crippen LogP contribution is -2.34. The molecule has 0 bridgehead atoms. The molecule has 1 saturated heterocycles. The standard InChI is InChI=1S/C29H39NO5/c1-2-34-29(33)15-8-3-4-9-20-30-24(17-19-28(30)32)16-18-25(31)21-23-11-10-14-27(22-23)35-26-12-6-5-7-13-26/h5-7,10-14,22,24-25,31H,2-4,8-9,15-21H2,1H3/t24-,25?/m0/s1. The van der Waals surface area contributed by atoms with Gasteiger partial charge >= 0.3 is 5.97 Å². The first-order valence-electron chi connectivity index (χ1n) is 13.0. The maximum atomic E-state index is 12.4. The van der Waals surface area contributed by atoms with Crippen molar-refractivity contribution in [2.75, 3.05) is 13.2 Å². The van der Waals surface area contributed by atoms with Crippen LogP contribution in [0.25, 0.3) is 0 Å². The van der Waals surface area contributed by atoms with E-state index in [-0.39, 0.29) is 17.9 Å². The zero-order valence-corrected chi connectivity index (χ0v) is 20.9. The molecular weight excluding hydrogens is 442 g/mol. The van der Waals surface area contributed by atoms with Gasteiger partial charge in [-0.3, -0.25) is 9.59 Å². The summed E-state index contributed by atoms with van der Waals surface area (Å²) in [4.78, 5) is 25.8. The number of esters is 1. The molecule has 0 aliphatic carbocycles. The summed E-state index contributed by atoms with van der Waals surface area (Å²) in [7, 11) is 0. The molecule has 1 aliphatic heterocycles. The molecule has 0 spiro atoms. The second-order valence-corrected chi connectivity index (χ2v) is 9.25. The van der Waals surface area contributed by atoms with Gasteiger partial charge in [-0.15, -0.1) is 0 Å². The second kappa shape index (κ2) is 14.5. The lowest BCUT2D eigenvalue weighted by molar-refractivity contribution is -0.143. The van der Waals surface area contributed by atoms with Crippen LogP contribution in [0.4, 0.5) is 0 Å². The lowest BCUT2D eigenvalue weighted by atomic mass is 10.00. The molecule has 0 saturated carbocycles. The number of unbranched alkanes of at least 4 members (excludes halogenated alkanes) is 3. The Morgan fingerprint density at radius 3 is 2.63 bits per heavy atom. The number of nitrogens with zero attached hydrogens (tertiary/aromatic N) is 1. The van der Waals surface area contributed by atoms with Crippen molar-refractivity contribution in [2.45, 2.75) is 83.3 Å². The molecule has 3 rings (SSSR count). The number of aliphatic hydroxyl groups excluding tert-OH is 1. The highest BCUT2D eigenvalue weighted by Crippen LogP contribution is 2.26. The van der Waals surface area contributed by atoms with Crippen LogP contribution < -0.4 is 4.74 Å². The zero-order chi connectivity index (χ0) is 24.9. The molecule has 1 fully saturated rings. The summed E-state index contributed by atoms with van der Waals surface area (Å²) in [6.45, 7) is 3.01. The molecule has 1 aliphatic rings. The number of hydrogen-bond acceptors (Lipinski definition) is 5. The molecule has 0 aromatic heterocycles. The average Bonchev–Trinajstić information content (AvgIpc) is 3.20. The minimum Gasteiger partial charge on any atom is -0.466 e. The topological polar surface area (TPSA) is 76.1 Å². The van der Waals surface area contributed by atoms with Crippen molar-refractivity contribution in [2.24, 2.45) is 0 Å². The van der Waals surface area contributed by atoms with E-state index in [1.165, 1.54) is 0 Å². The van der Waals surface area contributed by atoms with E-state index in [4.69, 9.17) is 9.47 Å². The minimum atomic E-state index is -0.456. The number of hydrogen-bond donors (Lipinski definition) is 1. The number of para-hydroxylation sites is 1. The van der Waals surface area contributed by atoms with Crippen molar-refractivity contribution in [3.63, 3.8) is 0 Å². The molecule has 1 amide bonds. The molecule has 1 heterocycles. The van der Waals surface area contributed by atoms with Gasteiger partial charge in [0, 0.05) is 25.4 Å². The smallest absolute Gasteiger partial charge is 0.305 e. The van der Waals surface area contributed by atoms with Gasteiger partial charge < -0.3 is 19.5 Å². The number of ether oxygens (including phenoxy) is 2. The average molecular weight is 482 g/mol. The van der Waals surface area contributed by atoms with Crippen LogP contribution in [0.5, 0.6) is 11.5 Å². The molecule has 190 valence electrons. The van der Waals surface area contributed by atoms with Crippen molar-refractivity contribution in [1.29, 1.82) is 0 Å². The van der Waals surface area contributed by atoms with Gasteiger partial charge in [0.05, 0.1) is 12.7 Å². The third kappa shape index (κ3) is 9.36. The summed E-state index contributed by atoms with van der Waals surface area (Å²) >= 11 is 0. The van der Waals surface area contributed by atoms with E-state index >= 15 is 0 Å². The van der Waals surface area contributed by atoms with E-state index in [1.807, 2.05) is 66.4 Å². The fourth-order valence-corrected chi connectivity index (χ4v) is 4.66. The van der Waals surface area contributed by atoms with Crippen LogP contribution in [0.2, 0.25) is 0 Å². The van der Waals surface area contributed by atoms with E-state index in [2.05, 4.69) is 0 Å². The fourth-order valence-electron chi connectivity index (χ4n) is 4.66. The first-order valence-corrected chi connectivity index (χ1v) is 13.0. The van der Waals surface area contributed by atoms with Crippen LogP contribution in [0.15, 0.2) is 54.6 Å². The maximum absolute atomic E-state index is 12.4. The largest absolute Gasteiger partial charge is 0.466 e. The van der Waals surface area contributed by atoms with Gasteiger partial charge in [-0.05, 0) is 75.3 Å². The molecule has 2 aromatic rings. The van der Waals surface area contributed by atoms with E-state index in [0.29, 0.717) is 32.3 Å². The van der Waals surface area contributed by atoms with Crippen LogP contribution in [-0.2, 0) is 20.7 Å². The summed E-state index contributed by atoms with van der Waals surface area (Å²) in [6.07, 6.45) is 7.28. The van der Waals surface area contributed by atoms with Crippen LogP contribution in [-0.4, -0.2) is 47.2 Å². The predicted molar refractivity (Wildman–Crippen MR) is 136 cm³/mol. The first-order chi connectivity index (χ1) is 17.0. The Morgan fingerprint density at radius 1 is 1.06 bits per heavy atom. The Morgan fingerprint density at radius 2 is 1.83 bits per heavy atom. The fraction of sp³-hybridized carbons (Fsp3) is 0.517. The highest BCUT2D eigenvalue weighted by Gasteiger charge is 2.30. The van der Waals surface area contributed by atoms with Crippen LogP contribution >= 0.6 is 0 Å². The van der Waals surface area contributed by atoms with E-state index in [0.717, 1.165) is 62.1 Å². The van der Waals surface area contributed by atoms with Gasteiger partial charge in [-0.1, -0.05) is 43.2 Å². The normalized spacial score (nSPS) is 16.3. The van der Waals surface area contributed by atoms with E-state index in [1.54, 1.807) is 0 Å². The Kier molecular flexibility index (Phi) is 11.1. The third-order valence-electron chi connectivity index (χ3n) is 6.47. The minimum absolute atomic E-state index is 0.128. The quantitative estimate of drug-likeness (QED) is 0.262. The van der Waals surface area contributed by atoms with E-state index in [9.17, 15) is 14.7 Å². The molecule has 0 radical (unpaired) electrons. The Labute approximate surface area is 209 Å². The van der Waals surface area contributed by atoms with Gasteiger partial charge in [0.1, 0.15) is 11.5 Å². The highest BCUT2D eigenvalue weighted by molar-refractivity contribution is 5.78. The van der Waals surface area contributed by atoms with Gasteiger partial charge in [0.25, 0.3) is 0 Å². The summed E-state index contributed by atoms with van der Waals surface area (Å²) in [5.41, 5.74) is 1.04. The second-order valence-electron chi connectivity index (χ2n) is 9.25. The SMILES string of the molecule is CCOC(=O)CCCCCCN1C(=O)CC[C@@H]1CCC(O)Cc1cccc(Oc2ccccc2)c1. The predicted octanol–water partition coefficient (Wildman–Crippen LogP) is 5.67. The Bertz CT molecular complexity index is 916. The van der Waals surface area contributed by atoms with Crippen LogP contribution in [0.3, 0.4) is 0 Å². The van der Waals surface area contributed by atoms with Crippen molar-refractivity contribution in [1.82, 2.24) is 4.90 Å². The summed E-state index contributed by atoms with van der Waals surface area (Å²) in [6, 6.07) is 17.7. The number of amides is 1. The molecule has 1 N–H and O–H groups in total. The molecule has 2 atom stereocenters.